The fourth-order valence-electron chi connectivity index (χ4n) is 1.42. The molecule has 0 amide bonds. The van der Waals surface area contributed by atoms with Crippen LogP contribution in [0.3, 0.4) is 0 Å². The first-order chi connectivity index (χ1) is 8.58. The molecular weight excluding hydrogens is 243 g/mol. The standard InChI is InChI=1S/C13H10F3NO/c14-9-2-1-3-12(13(9)16)18-7-8-4-5-11(17)10(15)6-8/h1-6H,7,17H2. The molecule has 0 unspecified atom stereocenters. The fraction of sp³-hybridized carbons (Fsp3) is 0.0769. The molecule has 0 saturated heterocycles. The summed E-state index contributed by atoms with van der Waals surface area (Å²) in [6.45, 7) is -0.0719. The van der Waals surface area contributed by atoms with Crippen molar-refractivity contribution in [2.24, 2.45) is 0 Å². The number of rotatable bonds is 3. The van der Waals surface area contributed by atoms with E-state index in [1.54, 1.807) is 6.07 Å². The number of ether oxygens (including phenoxy) is 1. The zero-order chi connectivity index (χ0) is 13.1. The minimum absolute atomic E-state index is 0.0238. The van der Waals surface area contributed by atoms with E-state index in [4.69, 9.17) is 10.5 Å². The molecule has 0 bridgehead atoms. The van der Waals surface area contributed by atoms with Gasteiger partial charge in [0.15, 0.2) is 11.6 Å². The summed E-state index contributed by atoms with van der Waals surface area (Å²) in [6, 6.07) is 7.74. The summed E-state index contributed by atoms with van der Waals surface area (Å²) in [5, 5.41) is 0. The van der Waals surface area contributed by atoms with Crippen LogP contribution >= 0.6 is 0 Å². The molecule has 0 radical (unpaired) electrons. The van der Waals surface area contributed by atoms with Gasteiger partial charge >= 0.3 is 0 Å². The van der Waals surface area contributed by atoms with Gasteiger partial charge in [0.1, 0.15) is 12.4 Å². The largest absolute Gasteiger partial charge is 0.486 e. The third-order valence-electron chi connectivity index (χ3n) is 2.38. The van der Waals surface area contributed by atoms with Crippen LogP contribution in [0.5, 0.6) is 5.75 Å². The van der Waals surface area contributed by atoms with Crippen LogP contribution < -0.4 is 10.5 Å². The molecule has 0 atom stereocenters. The lowest BCUT2D eigenvalue weighted by Gasteiger charge is -2.08. The molecule has 2 rings (SSSR count). The molecule has 5 heteroatoms. The van der Waals surface area contributed by atoms with Crippen LogP contribution in [0, 0.1) is 17.5 Å². The highest BCUT2D eigenvalue weighted by Crippen LogP contribution is 2.21. The van der Waals surface area contributed by atoms with E-state index in [2.05, 4.69) is 0 Å². The molecule has 18 heavy (non-hydrogen) atoms. The van der Waals surface area contributed by atoms with Crippen molar-refractivity contribution in [3.8, 4) is 5.75 Å². The monoisotopic (exact) mass is 253 g/mol. The Kier molecular flexibility index (Phi) is 3.41. The predicted octanol–water partition coefficient (Wildman–Crippen LogP) is 3.27. The zero-order valence-corrected chi connectivity index (χ0v) is 9.29. The number of halogens is 3. The highest BCUT2D eigenvalue weighted by molar-refractivity contribution is 5.41. The minimum atomic E-state index is -1.06. The zero-order valence-electron chi connectivity index (χ0n) is 9.29. The van der Waals surface area contributed by atoms with Crippen LogP contribution in [-0.2, 0) is 6.61 Å². The molecule has 94 valence electrons. The summed E-state index contributed by atoms with van der Waals surface area (Å²) in [7, 11) is 0. The molecule has 0 fully saturated rings. The van der Waals surface area contributed by atoms with Gasteiger partial charge in [-0.2, -0.15) is 4.39 Å². The van der Waals surface area contributed by atoms with Gasteiger partial charge in [0, 0.05) is 0 Å². The molecule has 0 aliphatic rings. The molecule has 2 aromatic rings. The van der Waals surface area contributed by atoms with Crippen molar-refractivity contribution >= 4 is 5.69 Å². The van der Waals surface area contributed by atoms with E-state index in [0.29, 0.717) is 5.56 Å². The Hall–Kier alpha value is -2.17. The molecule has 0 aliphatic heterocycles. The van der Waals surface area contributed by atoms with Crippen molar-refractivity contribution in [1.82, 2.24) is 0 Å². The molecule has 0 heterocycles. The Morgan fingerprint density at radius 3 is 2.50 bits per heavy atom. The van der Waals surface area contributed by atoms with Gasteiger partial charge in [-0.3, -0.25) is 0 Å². The van der Waals surface area contributed by atoms with Crippen molar-refractivity contribution in [2.45, 2.75) is 6.61 Å². The van der Waals surface area contributed by atoms with Crippen molar-refractivity contribution < 1.29 is 17.9 Å². The lowest BCUT2D eigenvalue weighted by molar-refractivity contribution is 0.284. The second-order valence-corrected chi connectivity index (χ2v) is 3.70. The highest BCUT2D eigenvalue weighted by Gasteiger charge is 2.09. The summed E-state index contributed by atoms with van der Waals surface area (Å²) >= 11 is 0. The third kappa shape index (κ3) is 2.56. The summed E-state index contributed by atoms with van der Waals surface area (Å²) < 4.78 is 44.4. The normalized spacial score (nSPS) is 10.4. The van der Waals surface area contributed by atoms with Crippen LogP contribution in [-0.4, -0.2) is 0 Å². The number of benzene rings is 2. The lowest BCUT2D eigenvalue weighted by Crippen LogP contribution is -2.00. The van der Waals surface area contributed by atoms with Crippen LogP contribution in [0.15, 0.2) is 36.4 Å². The second kappa shape index (κ2) is 5.00. The topological polar surface area (TPSA) is 35.2 Å². The number of anilines is 1. The molecule has 0 aliphatic carbocycles. The van der Waals surface area contributed by atoms with E-state index in [1.807, 2.05) is 0 Å². The van der Waals surface area contributed by atoms with Crippen molar-refractivity contribution in [3.63, 3.8) is 0 Å². The minimum Gasteiger partial charge on any atom is -0.486 e. The first kappa shape index (κ1) is 12.3. The fourth-order valence-corrected chi connectivity index (χ4v) is 1.42. The molecule has 0 saturated carbocycles. The Balaban J connectivity index is 2.11. The number of nitrogens with two attached hydrogens (primary N) is 1. The van der Waals surface area contributed by atoms with Crippen molar-refractivity contribution in [3.05, 3.63) is 59.4 Å². The van der Waals surface area contributed by atoms with E-state index in [9.17, 15) is 13.2 Å². The quantitative estimate of drug-likeness (QED) is 0.852. The number of hydrogen-bond acceptors (Lipinski definition) is 2. The highest BCUT2D eigenvalue weighted by atomic mass is 19.2. The summed E-state index contributed by atoms with van der Waals surface area (Å²) in [4.78, 5) is 0. The van der Waals surface area contributed by atoms with Crippen LogP contribution in [0.2, 0.25) is 0 Å². The molecule has 2 N–H and O–H groups in total. The van der Waals surface area contributed by atoms with E-state index in [0.717, 1.165) is 6.07 Å². The smallest absolute Gasteiger partial charge is 0.200 e. The van der Waals surface area contributed by atoms with Gasteiger partial charge in [-0.25, -0.2) is 8.78 Å². The maximum Gasteiger partial charge on any atom is 0.200 e. The molecule has 2 aromatic carbocycles. The van der Waals surface area contributed by atoms with E-state index in [1.165, 1.54) is 24.3 Å². The van der Waals surface area contributed by atoms with Gasteiger partial charge < -0.3 is 10.5 Å². The van der Waals surface area contributed by atoms with Crippen LogP contribution in [0.1, 0.15) is 5.56 Å². The molecular formula is C13H10F3NO. The van der Waals surface area contributed by atoms with Crippen molar-refractivity contribution in [1.29, 1.82) is 0 Å². The second-order valence-electron chi connectivity index (χ2n) is 3.70. The average molecular weight is 253 g/mol. The SMILES string of the molecule is Nc1ccc(COc2cccc(F)c2F)cc1F. The molecule has 2 nitrogen and oxygen atoms in total. The van der Waals surface area contributed by atoms with E-state index < -0.39 is 17.5 Å². The maximum atomic E-state index is 13.3. The summed E-state index contributed by atoms with van der Waals surface area (Å²) in [5.74, 6) is -2.84. The Morgan fingerprint density at radius 2 is 1.78 bits per heavy atom. The maximum absolute atomic E-state index is 13.3. The Bertz CT molecular complexity index is 572. The predicted molar refractivity (Wildman–Crippen MR) is 61.5 cm³/mol. The summed E-state index contributed by atoms with van der Waals surface area (Å²) in [5.41, 5.74) is 5.82. The molecule has 0 aromatic heterocycles. The van der Waals surface area contributed by atoms with E-state index in [-0.39, 0.29) is 18.0 Å². The van der Waals surface area contributed by atoms with Gasteiger partial charge in [0.25, 0.3) is 0 Å². The van der Waals surface area contributed by atoms with Gasteiger partial charge in [0.2, 0.25) is 5.82 Å². The van der Waals surface area contributed by atoms with Gasteiger partial charge in [-0.15, -0.1) is 0 Å². The van der Waals surface area contributed by atoms with Crippen LogP contribution in [0.4, 0.5) is 18.9 Å². The first-order valence-corrected chi connectivity index (χ1v) is 5.18. The van der Waals surface area contributed by atoms with Gasteiger partial charge in [-0.05, 0) is 29.8 Å². The average Bonchev–Trinajstić information content (AvgIpc) is 2.35. The molecule has 0 spiro atoms. The van der Waals surface area contributed by atoms with Crippen molar-refractivity contribution in [2.75, 3.05) is 5.73 Å². The third-order valence-corrected chi connectivity index (χ3v) is 2.38. The number of nitrogen functional groups attached to an aromatic ring is 1. The van der Waals surface area contributed by atoms with Gasteiger partial charge in [-0.1, -0.05) is 12.1 Å². The summed E-state index contributed by atoms with van der Waals surface area (Å²) in [6.07, 6.45) is 0. The first-order valence-electron chi connectivity index (χ1n) is 5.18. The Labute approximate surface area is 102 Å². The Morgan fingerprint density at radius 1 is 1.00 bits per heavy atom. The lowest BCUT2D eigenvalue weighted by atomic mass is 10.2. The van der Waals surface area contributed by atoms with Crippen LogP contribution in [0.25, 0.3) is 0 Å². The van der Waals surface area contributed by atoms with E-state index >= 15 is 0 Å². The van der Waals surface area contributed by atoms with Gasteiger partial charge in [0.05, 0.1) is 5.69 Å². The number of hydrogen-bond donors (Lipinski definition) is 1.